The molecule has 0 aromatic heterocycles. The van der Waals surface area contributed by atoms with Crippen molar-refractivity contribution >= 4 is 31.5 Å². The van der Waals surface area contributed by atoms with Gasteiger partial charge in [0.25, 0.3) is 9.05 Å². The highest BCUT2D eigenvalue weighted by molar-refractivity contribution is 8.13. The molecule has 0 amide bonds. The summed E-state index contributed by atoms with van der Waals surface area (Å²) in [5.41, 5.74) is -5.02. The Bertz CT molecular complexity index is 620. The van der Waals surface area contributed by atoms with Gasteiger partial charge in [0.05, 0.1) is 5.56 Å². The van der Waals surface area contributed by atoms with E-state index < -0.39 is 31.2 Å². The molecule has 0 radical (unpaired) electrons. The fourth-order valence-electron chi connectivity index (χ4n) is 1.31. The Morgan fingerprint density at radius 2 is 1.94 bits per heavy atom. The third-order valence-electron chi connectivity index (χ3n) is 1.95. The molecule has 0 aliphatic rings. The minimum atomic E-state index is -4.55. The molecule has 0 unspecified atom stereocenters. The van der Waals surface area contributed by atoms with E-state index in [0.717, 1.165) is 12.1 Å². The van der Waals surface area contributed by atoms with Gasteiger partial charge in [-0.3, -0.25) is 0 Å². The molecular formula is C9H5ClF3NO2S2. The maximum atomic E-state index is 12.2. The number of nitriles is 1. The first kappa shape index (κ1) is 15.1. The number of rotatable bonds is 2. The second kappa shape index (κ2) is 4.99. The molecular weight excluding hydrogens is 311 g/mol. The van der Waals surface area contributed by atoms with Crippen molar-refractivity contribution in [2.75, 3.05) is 0 Å². The van der Waals surface area contributed by atoms with Crippen LogP contribution in [0.15, 0.2) is 21.9 Å². The fourth-order valence-corrected chi connectivity index (χ4v) is 3.46. The number of hydrogen-bond acceptors (Lipinski definition) is 4. The van der Waals surface area contributed by atoms with Gasteiger partial charge in [-0.2, -0.15) is 18.4 Å². The van der Waals surface area contributed by atoms with Crippen molar-refractivity contribution in [3.63, 3.8) is 0 Å². The lowest BCUT2D eigenvalue weighted by molar-refractivity contribution is -0.0328. The Balaban J connectivity index is 3.51. The zero-order chi connectivity index (χ0) is 14.1. The third-order valence-corrected chi connectivity index (χ3v) is 4.32. The topological polar surface area (TPSA) is 57.9 Å². The molecule has 18 heavy (non-hydrogen) atoms. The second-order valence-corrected chi connectivity index (χ2v) is 6.77. The van der Waals surface area contributed by atoms with E-state index in [1.807, 2.05) is 0 Å². The summed E-state index contributed by atoms with van der Waals surface area (Å²) in [6.45, 7) is 1.17. The van der Waals surface area contributed by atoms with Gasteiger partial charge in [0.15, 0.2) is 0 Å². The van der Waals surface area contributed by atoms with Gasteiger partial charge in [0.2, 0.25) is 0 Å². The third kappa shape index (κ3) is 3.54. The number of alkyl halides is 3. The van der Waals surface area contributed by atoms with E-state index in [4.69, 9.17) is 15.9 Å². The summed E-state index contributed by atoms with van der Waals surface area (Å²) in [5, 5.41) is 8.73. The number of thioether (sulfide) groups is 1. The monoisotopic (exact) mass is 315 g/mol. The Kier molecular flexibility index (Phi) is 4.20. The number of halogens is 4. The minimum absolute atomic E-state index is 0.189. The Labute approximate surface area is 110 Å². The summed E-state index contributed by atoms with van der Waals surface area (Å²) in [4.78, 5) is -0.887. The Morgan fingerprint density at radius 1 is 1.39 bits per heavy atom. The van der Waals surface area contributed by atoms with Crippen LogP contribution in [0.4, 0.5) is 13.2 Å². The van der Waals surface area contributed by atoms with Gasteiger partial charge in [-0.25, -0.2) is 8.42 Å². The van der Waals surface area contributed by atoms with Gasteiger partial charge in [0, 0.05) is 15.6 Å². The lowest BCUT2D eigenvalue weighted by Gasteiger charge is -2.11. The van der Waals surface area contributed by atoms with Crippen LogP contribution in [0.3, 0.4) is 0 Å². The molecule has 0 saturated heterocycles. The largest absolute Gasteiger partial charge is 0.446 e. The maximum Gasteiger partial charge on any atom is 0.446 e. The lowest BCUT2D eigenvalue weighted by Crippen LogP contribution is -2.04. The molecule has 0 bridgehead atoms. The zero-order valence-electron chi connectivity index (χ0n) is 8.75. The molecule has 98 valence electrons. The second-order valence-electron chi connectivity index (χ2n) is 3.16. The molecule has 0 heterocycles. The predicted molar refractivity (Wildman–Crippen MR) is 60.8 cm³/mol. The summed E-state index contributed by atoms with van der Waals surface area (Å²) in [6.07, 6.45) is 0. The summed E-state index contributed by atoms with van der Waals surface area (Å²) in [5.74, 6) is 0. The molecule has 0 N–H and O–H groups in total. The van der Waals surface area contributed by atoms with Crippen LogP contribution in [0.25, 0.3) is 0 Å². The van der Waals surface area contributed by atoms with Crippen molar-refractivity contribution in [2.45, 2.75) is 22.2 Å². The van der Waals surface area contributed by atoms with E-state index in [9.17, 15) is 21.6 Å². The van der Waals surface area contributed by atoms with Gasteiger partial charge in [0.1, 0.15) is 11.0 Å². The highest BCUT2D eigenvalue weighted by Gasteiger charge is 2.32. The van der Waals surface area contributed by atoms with Crippen LogP contribution in [-0.2, 0) is 9.05 Å². The molecule has 0 fully saturated rings. The van der Waals surface area contributed by atoms with E-state index in [1.54, 1.807) is 6.07 Å². The molecule has 9 heteroatoms. The number of nitrogens with zero attached hydrogens (tertiary/aromatic N) is 1. The van der Waals surface area contributed by atoms with Crippen molar-refractivity contribution in [3.05, 3.63) is 23.3 Å². The molecule has 0 aliphatic carbocycles. The number of hydrogen-bond donors (Lipinski definition) is 0. The zero-order valence-corrected chi connectivity index (χ0v) is 11.1. The quantitative estimate of drug-likeness (QED) is 0.620. The van der Waals surface area contributed by atoms with E-state index in [2.05, 4.69) is 0 Å². The highest BCUT2D eigenvalue weighted by Crippen LogP contribution is 2.40. The molecule has 0 saturated carbocycles. The van der Waals surface area contributed by atoms with Crippen LogP contribution >= 0.6 is 22.4 Å². The first-order chi connectivity index (χ1) is 8.06. The molecule has 3 nitrogen and oxygen atoms in total. The summed E-state index contributed by atoms with van der Waals surface area (Å²) < 4.78 is 59.3. The highest BCUT2D eigenvalue weighted by atomic mass is 35.7. The van der Waals surface area contributed by atoms with Crippen molar-refractivity contribution in [1.82, 2.24) is 0 Å². The van der Waals surface area contributed by atoms with Crippen LogP contribution in [0, 0.1) is 18.3 Å². The van der Waals surface area contributed by atoms with E-state index in [1.165, 1.54) is 6.92 Å². The number of benzene rings is 1. The van der Waals surface area contributed by atoms with Gasteiger partial charge < -0.3 is 0 Å². The predicted octanol–water partition coefficient (Wildman–Crippen LogP) is 3.41. The van der Waals surface area contributed by atoms with Gasteiger partial charge in [-0.1, -0.05) is 0 Å². The van der Waals surface area contributed by atoms with E-state index in [-0.39, 0.29) is 16.0 Å². The summed E-state index contributed by atoms with van der Waals surface area (Å²) >= 11 is -0.456. The van der Waals surface area contributed by atoms with Gasteiger partial charge in [-0.05, 0) is 36.4 Å². The first-order valence-corrected chi connectivity index (χ1v) is 7.43. The van der Waals surface area contributed by atoms with Crippen LogP contribution in [-0.4, -0.2) is 13.9 Å². The smallest absolute Gasteiger partial charge is 0.207 e. The van der Waals surface area contributed by atoms with Crippen LogP contribution < -0.4 is 0 Å². The van der Waals surface area contributed by atoms with Crippen molar-refractivity contribution < 1.29 is 21.6 Å². The van der Waals surface area contributed by atoms with Crippen LogP contribution in [0.2, 0.25) is 0 Å². The normalized spacial score (nSPS) is 12.2. The molecule has 0 aliphatic heterocycles. The summed E-state index contributed by atoms with van der Waals surface area (Å²) in [7, 11) is 0.836. The Morgan fingerprint density at radius 3 is 2.33 bits per heavy atom. The van der Waals surface area contributed by atoms with Gasteiger partial charge in [-0.15, -0.1) is 0 Å². The minimum Gasteiger partial charge on any atom is -0.207 e. The van der Waals surface area contributed by atoms with Crippen LogP contribution in [0.1, 0.15) is 11.1 Å². The SMILES string of the molecule is Cc1c(SC(F)(F)F)ccc(C#N)c1S(=O)(=O)Cl. The first-order valence-electron chi connectivity index (χ1n) is 4.30. The average Bonchev–Trinajstić information content (AvgIpc) is 2.16. The Hall–Kier alpha value is -0.910. The van der Waals surface area contributed by atoms with Crippen LogP contribution in [0.5, 0.6) is 0 Å². The molecule has 1 aromatic carbocycles. The molecule has 0 atom stereocenters. The molecule has 1 rings (SSSR count). The van der Waals surface area contributed by atoms with Crippen molar-refractivity contribution in [3.8, 4) is 6.07 Å². The molecule has 0 spiro atoms. The maximum absolute atomic E-state index is 12.2. The fraction of sp³-hybridized carbons (Fsp3) is 0.222. The van der Waals surface area contributed by atoms with Gasteiger partial charge >= 0.3 is 5.51 Å². The standard InChI is InChI=1S/C9H5ClF3NO2S2/c1-5-7(17-9(11,12)13)3-2-6(4-14)8(5)18(10,15)16/h2-3H,1H3. The summed E-state index contributed by atoms with van der Waals surface area (Å²) in [6, 6.07) is 3.61. The van der Waals surface area contributed by atoms with Crippen molar-refractivity contribution in [2.24, 2.45) is 0 Å². The average molecular weight is 316 g/mol. The van der Waals surface area contributed by atoms with E-state index >= 15 is 0 Å². The lowest BCUT2D eigenvalue weighted by atomic mass is 10.1. The molecule has 1 aromatic rings. The van der Waals surface area contributed by atoms with Crippen molar-refractivity contribution in [1.29, 1.82) is 5.26 Å². The van der Waals surface area contributed by atoms with E-state index in [0.29, 0.717) is 0 Å².